The van der Waals surface area contributed by atoms with Crippen molar-refractivity contribution in [2.45, 2.75) is 31.0 Å². The molecule has 1 rings (SSSR count). The number of nitrogens with two attached hydrogens (primary N) is 1. The molecule has 0 saturated heterocycles. The summed E-state index contributed by atoms with van der Waals surface area (Å²) < 4.78 is 62.0. The van der Waals surface area contributed by atoms with Crippen molar-refractivity contribution >= 4 is 15.8 Å². The maximum atomic E-state index is 12.2. The Hall–Kier alpha value is -1.29. The number of aromatic nitrogens is 2. The SMILES string of the molecule is CCCn1cc(S(=O)(=O)N(C)CC(F)(F)F)c(N)n1. The van der Waals surface area contributed by atoms with Gasteiger partial charge in [-0.25, -0.2) is 8.42 Å². The second-order valence-corrected chi connectivity index (χ2v) is 6.03. The lowest BCUT2D eigenvalue weighted by Gasteiger charge is -2.17. The fraction of sp³-hybridized carbons (Fsp3) is 0.667. The van der Waals surface area contributed by atoms with Gasteiger partial charge in [-0.05, 0) is 6.42 Å². The van der Waals surface area contributed by atoms with E-state index < -0.39 is 27.6 Å². The van der Waals surface area contributed by atoms with Gasteiger partial charge in [-0.2, -0.15) is 22.6 Å². The minimum Gasteiger partial charge on any atom is -0.381 e. The number of halogens is 3. The molecule has 0 unspecified atom stereocenters. The van der Waals surface area contributed by atoms with E-state index in [0.29, 0.717) is 13.0 Å². The van der Waals surface area contributed by atoms with Crippen molar-refractivity contribution in [1.29, 1.82) is 0 Å². The lowest BCUT2D eigenvalue weighted by Crippen LogP contribution is -2.36. The van der Waals surface area contributed by atoms with Crippen molar-refractivity contribution in [2.75, 3.05) is 19.3 Å². The Kier molecular flexibility index (Phi) is 4.46. The molecule has 0 aliphatic carbocycles. The van der Waals surface area contributed by atoms with Gasteiger partial charge in [-0.1, -0.05) is 6.92 Å². The molecular formula is C9H15F3N4O2S. The Bertz CT molecular complexity index is 538. The molecule has 1 aromatic heterocycles. The van der Waals surface area contributed by atoms with E-state index in [1.165, 1.54) is 4.68 Å². The Labute approximate surface area is 109 Å². The summed E-state index contributed by atoms with van der Waals surface area (Å²) in [7, 11) is -3.45. The number of aryl methyl sites for hydroxylation is 1. The minimum atomic E-state index is -4.62. The standard InChI is InChI=1S/C9H15F3N4O2S/c1-3-4-16-5-7(8(13)14-16)19(17,18)15(2)6-9(10,11)12/h5H,3-4,6H2,1-2H3,(H2,13,14). The summed E-state index contributed by atoms with van der Waals surface area (Å²) in [6, 6.07) is 0. The Morgan fingerprint density at radius 3 is 2.53 bits per heavy atom. The summed E-state index contributed by atoms with van der Waals surface area (Å²) in [5.41, 5.74) is 5.44. The molecule has 19 heavy (non-hydrogen) atoms. The van der Waals surface area contributed by atoms with Crippen LogP contribution < -0.4 is 5.73 Å². The minimum absolute atomic E-state index is 0.205. The van der Waals surface area contributed by atoms with Crippen molar-refractivity contribution in [1.82, 2.24) is 14.1 Å². The molecule has 2 N–H and O–H groups in total. The van der Waals surface area contributed by atoms with Crippen LogP contribution in [0.3, 0.4) is 0 Å². The van der Waals surface area contributed by atoms with Gasteiger partial charge in [0.1, 0.15) is 11.4 Å². The highest BCUT2D eigenvalue weighted by Gasteiger charge is 2.36. The average Bonchev–Trinajstić information content (AvgIpc) is 2.58. The summed E-state index contributed by atoms with van der Waals surface area (Å²) in [6.07, 6.45) is -2.78. The van der Waals surface area contributed by atoms with Gasteiger partial charge in [0.05, 0.1) is 0 Å². The van der Waals surface area contributed by atoms with E-state index in [1.54, 1.807) is 0 Å². The maximum absolute atomic E-state index is 12.2. The third-order valence-electron chi connectivity index (χ3n) is 2.30. The van der Waals surface area contributed by atoms with E-state index in [2.05, 4.69) is 5.10 Å². The van der Waals surface area contributed by atoms with Crippen LogP contribution in [-0.2, 0) is 16.6 Å². The molecule has 0 aliphatic rings. The second kappa shape index (κ2) is 5.37. The number of nitrogens with zero attached hydrogens (tertiary/aromatic N) is 3. The van der Waals surface area contributed by atoms with E-state index in [1.807, 2.05) is 6.92 Å². The molecule has 0 fully saturated rings. The first-order valence-corrected chi connectivity index (χ1v) is 6.88. The second-order valence-electron chi connectivity index (χ2n) is 4.02. The third-order valence-corrected chi connectivity index (χ3v) is 4.12. The molecular weight excluding hydrogens is 285 g/mol. The van der Waals surface area contributed by atoms with Gasteiger partial charge in [0.15, 0.2) is 5.82 Å². The summed E-state index contributed by atoms with van der Waals surface area (Å²) >= 11 is 0. The molecule has 0 aliphatic heterocycles. The van der Waals surface area contributed by atoms with E-state index in [4.69, 9.17) is 5.73 Å². The van der Waals surface area contributed by atoms with Crippen LogP contribution in [0.1, 0.15) is 13.3 Å². The van der Waals surface area contributed by atoms with E-state index in [0.717, 1.165) is 13.2 Å². The molecule has 0 saturated carbocycles. The van der Waals surface area contributed by atoms with E-state index >= 15 is 0 Å². The molecule has 0 aromatic carbocycles. The average molecular weight is 300 g/mol. The lowest BCUT2D eigenvalue weighted by molar-refractivity contribution is -0.134. The summed E-state index contributed by atoms with van der Waals surface area (Å²) in [5, 5.41) is 3.75. The number of sulfonamides is 1. The first-order chi connectivity index (χ1) is 8.58. The van der Waals surface area contributed by atoms with Crippen LogP contribution in [0, 0.1) is 0 Å². The van der Waals surface area contributed by atoms with Crippen LogP contribution in [0.5, 0.6) is 0 Å². The van der Waals surface area contributed by atoms with Gasteiger partial charge in [-0.15, -0.1) is 0 Å². The number of hydrogen-bond donors (Lipinski definition) is 1. The molecule has 1 heterocycles. The van der Waals surface area contributed by atoms with Gasteiger partial charge in [0.25, 0.3) is 0 Å². The van der Waals surface area contributed by atoms with Gasteiger partial charge in [0, 0.05) is 19.8 Å². The first kappa shape index (κ1) is 15.8. The summed E-state index contributed by atoms with van der Waals surface area (Å²) in [5.74, 6) is -0.303. The van der Waals surface area contributed by atoms with Gasteiger partial charge in [-0.3, -0.25) is 4.68 Å². The Balaban J connectivity index is 3.06. The predicted octanol–water partition coefficient (Wildman–Crippen LogP) is 1.06. The molecule has 6 nitrogen and oxygen atoms in total. The zero-order chi connectivity index (χ0) is 14.8. The zero-order valence-electron chi connectivity index (χ0n) is 10.5. The largest absolute Gasteiger partial charge is 0.402 e. The van der Waals surface area contributed by atoms with Crippen molar-refractivity contribution in [3.63, 3.8) is 0 Å². The molecule has 10 heteroatoms. The summed E-state index contributed by atoms with van der Waals surface area (Å²) in [4.78, 5) is -0.410. The monoisotopic (exact) mass is 300 g/mol. The highest BCUT2D eigenvalue weighted by Crippen LogP contribution is 2.24. The molecule has 0 atom stereocenters. The predicted molar refractivity (Wildman–Crippen MR) is 62.8 cm³/mol. The van der Waals surface area contributed by atoms with Crippen molar-refractivity contribution in [2.24, 2.45) is 0 Å². The Morgan fingerprint density at radius 2 is 2.05 bits per heavy atom. The van der Waals surface area contributed by atoms with Crippen LogP contribution in [0.4, 0.5) is 19.0 Å². The first-order valence-electron chi connectivity index (χ1n) is 5.44. The molecule has 0 spiro atoms. The van der Waals surface area contributed by atoms with Gasteiger partial charge in [0.2, 0.25) is 10.0 Å². The number of alkyl halides is 3. The smallest absolute Gasteiger partial charge is 0.381 e. The van der Waals surface area contributed by atoms with Crippen LogP contribution >= 0.6 is 0 Å². The fourth-order valence-electron chi connectivity index (χ4n) is 1.47. The van der Waals surface area contributed by atoms with E-state index in [-0.39, 0.29) is 10.1 Å². The van der Waals surface area contributed by atoms with Crippen molar-refractivity contribution in [3.05, 3.63) is 6.20 Å². The number of anilines is 1. The fourth-order valence-corrected chi connectivity index (χ4v) is 2.68. The topological polar surface area (TPSA) is 81.2 Å². The quantitative estimate of drug-likeness (QED) is 0.881. The third kappa shape index (κ3) is 3.83. The van der Waals surface area contributed by atoms with Gasteiger partial charge >= 0.3 is 6.18 Å². The number of nitrogen functional groups attached to an aromatic ring is 1. The van der Waals surface area contributed by atoms with Crippen LogP contribution in [-0.4, -0.2) is 42.3 Å². The van der Waals surface area contributed by atoms with Crippen molar-refractivity contribution < 1.29 is 21.6 Å². The Morgan fingerprint density at radius 1 is 1.47 bits per heavy atom. The van der Waals surface area contributed by atoms with Crippen LogP contribution in [0.15, 0.2) is 11.1 Å². The number of hydrogen-bond acceptors (Lipinski definition) is 4. The highest BCUT2D eigenvalue weighted by molar-refractivity contribution is 7.89. The normalized spacial score (nSPS) is 13.2. The number of rotatable bonds is 5. The maximum Gasteiger partial charge on any atom is 0.402 e. The van der Waals surface area contributed by atoms with Crippen molar-refractivity contribution in [3.8, 4) is 0 Å². The molecule has 0 amide bonds. The van der Waals surface area contributed by atoms with Crippen LogP contribution in [0.2, 0.25) is 0 Å². The zero-order valence-corrected chi connectivity index (χ0v) is 11.3. The molecule has 0 radical (unpaired) electrons. The lowest BCUT2D eigenvalue weighted by atomic mass is 10.5. The van der Waals surface area contributed by atoms with Crippen LogP contribution in [0.25, 0.3) is 0 Å². The van der Waals surface area contributed by atoms with Gasteiger partial charge < -0.3 is 5.73 Å². The summed E-state index contributed by atoms with van der Waals surface area (Å²) in [6.45, 7) is 0.707. The molecule has 0 bridgehead atoms. The molecule has 1 aromatic rings. The van der Waals surface area contributed by atoms with E-state index in [9.17, 15) is 21.6 Å². The molecule has 110 valence electrons. The highest BCUT2D eigenvalue weighted by atomic mass is 32.2.